The third-order valence-electron chi connectivity index (χ3n) is 2.90. The van der Waals surface area contributed by atoms with Crippen molar-refractivity contribution in [1.82, 2.24) is 5.32 Å². The zero-order valence-electron chi connectivity index (χ0n) is 9.16. The number of aliphatic hydroxyl groups is 1. The van der Waals surface area contributed by atoms with Crippen molar-refractivity contribution >= 4 is 11.8 Å². The van der Waals surface area contributed by atoms with Gasteiger partial charge in [0.25, 0.3) is 0 Å². The highest BCUT2D eigenvalue weighted by molar-refractivity contribution is 8.00. The van der Waals surface area contributed by atoms with Gasteiger partial charge < -0.3 is 5.11 Å². The average molecular weight is 223 g/mol. The molecule has 3 heteroatoms. The van der Waals surface area contributed by atoms with Gasteiger partial charge in [-0.05, 0) is 19.4 Å². The number of hydrogen-bond acceptors (Lipinski definition) is 3. The lowest BCUT2D eigenvalue weighted by molar-refractivity contribution is 0.322. The number of hydrogen-bond donors (Lipinski definition) is 2. The summed E-state index contributed by atoms with van der Waals surface area (Å²) in [6, 6.07) is 10.4. The monoisotopic (exact) mass is 223 g/mol. The molecule has 0 radical (unpaired) electrons. The molecular formula is C12H17NOS. The Bertz CT molecular complexity index is 339. The Hall–Kier alpha value is -0.510. The second-order valence-electron chi connectivity index (χ2n) is 4.37. The fraction of sp³-hybridized carbons (Fsp3) is 0.500. The highest BCUT2D eigenvalue weighted by atomic mass is 32.2. The van der Waals surface area contributed by atoms with Crippen molar-refractivity contribution in [3.63, 3.8) is 0 Å². The predicted molar refractivity (Wildman–Crippen MR) is 64.9 cm³/mol. The number of nitrogens with one attached hydrogen (secondary N) is 1. The van der Waals surface area contributed by atoms with Crippen LogP contribution in [0.5, 0.6) is 0 Å². The Kier molecular flexibility index (Phi) is 2.79. The lowest BCUT2D eigenvalue weighted by Gasteiger charge is -2.17. The van der Waals surface area contributed by atoms with E-state index in [1.165, 1.54) is 5.56 Å². The second-order valence-corrected chi connectivity index (χ2v) is 5.68. The highest BCUT2D eigenvalue weighted by Gasteiger charge is 2.62. The minimum absolute atomic E-state index is 0.00299. The van der Waals surface area contributed by atoms with Crippen LogP contribution < -0.4 is 5.32 Å². The third kappa shape index (κ3) is 1.80. The van der Waals surface area contributed by atoms with Crippen molar-refractivity contribution in [2.24, 2.45) is 0 Å². The van der Waals surface area contributed by atoms with Crippen LogP contribution in [0.15, 0.2) is 30.3 Å². The van der Waals surface area contributed by atoms with Gasteiger partial charge in [0.1, 0.15) is 4.87 Å². The Balaban J connectivity index is 2.23. The summed E-state index contributed by atoms with van der Waals surface area (Å²) >= 11 is 1.79. The Morgan fingerprint density at radius 3 is 2.33 bits per heavy atom. The molecule has 0 amide bonds. The van der Waals surface area contributed by atoms with Gasteiger partial charge in [-0.3, -0.25) is 5.32 Å². The maximum Gasteiger partial charge on any atom is 0.109 e. The fourth-order valence-corrected chi connectivity index (χ4v) is 3.40. The molecule has 1 heterocycles. The van der Waals surface area contributed by atoms with Gasteiger partial charge in [-0.1, -0.05) is 30.3 Å². The average Bonchev–Trinajstić information content (AvgIpc) is 2.81. The van der Waals surface area contributed by atoms with E-state index in [2.05, 4.69) is 43.4 Å². The molecule has 1 aliphatic heterocycles. The van der Waals surface area contributed by atoms with Crippen molar-refractivity contribution in [3.05, 3.63) is 35.9 Å². The SMILES string of the molecule is CC1(C)NC1(SCCO)c1ccccc1. The smallest absolute Gasteiger partial charge is 0.109 e. The molecule has 2 nitrogen and oxygen atoms in total. The van der Waals surface area contributed by atoms with E-state index in [1.54, 1.807) is 11.8 Å². The summed E-state index contributed by atoms with van der Waals surface area (Å²) in [4.78, 5) is -0.00299. The molecule has 1 aromatic rings. The first-order valence-corrected chi connectivity index (χ1v) is 6.21. The fourth-order valence-electron chi connectivity index (χ4n) is 2.01. The molecule has 0 spiro atoms. The largest absolute Gasteiger partial charge is 0.396 e. The first kappa shape index (κ1) is 11.0. The molecule has 2 rings (SSSR count). The molecule has 1 saturated heterocycles. The first-order chi connectivity index (χ1) is 7.12. The van der Waals surface area contributed by atoms with Gasteiger partial charge in [0.2, 0.25) is 0 Å². The topological polar surface area (TPSA) is 42.2 Å². The molecule has 0 saturated carbocycles. The number of aliphatic hydroxyl groups excluding tert-OH is 1. The molecule has 82 valence electrons. The van der Waals surface area contributed by atoms with Crippen molar-refractivity contribution in [1.29, 1.82) is 0 Å². The van der Waals surface area contributed by atoms with E-state index in [0.29, 0.717) is 0 Å². The maximum atomic E-state index is 8.93. The van der Waals surface area contributed by atoms with Crippen LogP contribution in [0.25, 0.3) is 0 Å². The third-order valence-corrected chi connectivity index (χ3v) is 4.56. The molecule has 1 unspecified atom stereocenters. The predicted octanol–water partition coefficient (Wildman–Crippen LogP) is 1.95. The van der Waals surface area contributed by atoms with E-state index in [9.17, 15) is 0 Å². The zero-order chi connectivity index (χ0) is 10.9. The zero-order valence-corrected chi connectivity index (χ0v) is 9.97. The van der Waals surface area contributed by atoms with E-state index in [4.69, 9.17) is 5.11 Å². The molecule has 2 N–H and O–H groups in total. The van der Waals surface area contributed by atoms with Crippen LogP contribution in [0.2, 0.25) is 0 Å². The Morgan fingerprint density at radius 2 is 1.87 bits per heavy atom. The van der Waals surface area contributed by atoms with Crippen LogP contribution in [-0.2, 0) is 4.87 Å². The molecule has 0 aliphatic carbocycles. The highest BCUT2D eigenvalue weighted by Crippen LogP contribution is 2.54. The van der Waals surface area contributed by atoms with Gasteiger partial charge in [-0.2, -0.15) is 0 Å². The lowest BCUT2D eigenvalue weighted by Crippen LogP contribution is -2.15. The standard InChI is InChI=1S/C12H17NOS/c1-11(2)12(13-11,15-9-8-14)10-6-4-3-5-7-10/h3-7,13-14H,8-9H2,1-2H3. The second kappa shape index (κ2) is 3.81. The molecular weight excluding hydrogens is 206 g/mol. The van der Waals surface area contributed by atoms with Crippen molar-refractivity contribution in [3.8, 4) is 0 Å². The molecule has 1 aliphatic rings. The van der Waals surface area contributed by atoms with Gasteiger partial charge in [0.15, 0.2) is 0 Å². The first-order valence-electron chi connectivity index (χ1n) is 5.22. The van der Waals surface area contributed by atoms with Gasteiger partial charge in [-0.15, -0.1) is 11.8 Å². The van der Waals surface area contributed by atoms with Crippen molar-refractivity contribution in [2.45, 2.75) is 24.3 Å². The summed E-state index contributed by atoms with van der Waals surface area (Å²) in [5, 5.41) is 12.5. The summed E-state index contributed by atoms with van der Waals surface area (Å²) < 4.78 is 0. The summed E-state index contributed by atoms with van der Waals surface area (Å²) in [6.07, 6.45) is 0. The molecule has 0 aromatic heterocycles. The number of benzene rings is 1. The minimum atomic E-state index is -0.00299. The van der Waals surface area contributed by atoms with Crippen LogP contribution in [-0.4, -0.2) is 23.0 Å². The van der Waals surface area contributed by atoms with E-state index in [1.807, 2.05) is 6.07 Å². The molecule has 1 fully saturated rings. The normalized spacial score (nSPS) is 27.7. The Morgan fingerprint density at radius 1 is 1.27 bits per heavy atom. The van der Waals surface area contributed by atoms with Crippen LogP contribution in [0, 0.1) is 0 Å². The molecule has 1 atom stereocenters. The van der Waals surface area contributed by atoms with Crippen molar-refractivity contribution in [2.75, 3.05) is 12.4 Å². The summed E-state index contributed by atoms with van der Waals surface area (Å²) in [7, 11) is 0. The van der Waals surface area contributed by atoms with Gasteiger partial charge in [0, 0.05) is 11.3 Å². The number of thioether (sulfide) groups is 1. The van der Waals surface area contributed by atoms with Crippen LogP contribution in [0.4, 0.5) is 0 Å². The van der Waals surface area contributed by atoms with Gasteiger partial charge in [-0.25, -0.2) is 0 Å². The Labute approximate surface area is 95.1 Å². The maximum absolute atomic E-state index is 8.93. The lowest BCUT2D eigenvalue weighted by atomic mass is 10.0. The molecule has 0 bridgehead atoms. The van der Waals surface area contributed by atoms with E-state index in [0.717, 1.165) is 5.75 Å². The van der Waals surface area contributed by atoms with Crippen LogP contribution >= 0.6 is 11.8 Å². The molecule has 15 heavy (non-hydrogen) atoms. The quantitative estimate of drug-likeness (QED) is 0.767. The molecule has 1 aromatic carbocycles. The van der Waals surface area contributed by atoms with Crippen molar-refractivity contribution < 1.29 is 5.11 Å². The minimum Gasteiger partial charge on any atom is -0.396 e. The summed E-state index contributed by atoms with van der Waals surface area (Å²) in [5.41, 5.74) is 1.42. The van der Waals surface area contributed by atoms with Gasteiger partial charge >= 0.3 is 0 Å². The number of rotatable bonds is 4. The van der Waals surface area contributed by atoms with Crippen LogP contribution in [0.1, 0.15) is 19.4 Å². The van der Waals surface area contributed by atoms with E-state index >= 15 is 0 Å². The summed E-state index contributed by atoms with van der Waals surface area (Å²) in [6.45, 7) is 4.63. The van der Waals surface area contributed by atoms with E-state index < -0.39 is 0 Å². The van der Waals surface area contributed by atoms with Crippen LogP contribution in [0.3, 0.4) is 0 Å². The van der Waals surface area contributed by atoms with Gasteiger partial charge in [0.05, 0.1) is 6.61 Å². The summed E-state index contributed by atoms with van der Waals surface area (Å²) in [5.74, 6) is 0.769. The van der Waals surface area contributed by atoms with E-state index in [-0.39, 0.29) is 17.0 Å².